The van der Waals surface area contributed by atoms with Crippen LogP contribution in [0.2, 0.25) is 0 Å². The topological polar surface area (TPSA) is 66.5 Å². The van der Waals surface area contributed by atoms with Crippen molar-refractivity contribution in [2.45, 2.75) is 32.4 Å². The quantitative estimate of drug-likeness (QED) is 0.514. The van der Waals surface area contributed by atoms with E-state index in [0.29, 0.717) is 23.0 Å². The van der Waals surface area contributed by atoms with Gasteiger partial charge in [0, 0.05) is 29.2 Å². The predicted molar refractivity (Wildman–Crippen MR) is 129 cm³/mol. The van der Waals surface area contributed by atoms with E-state index in [1.165, 1.54) is 10.4 Å². The first-order valence-corrected chi connectivity index (χ1v) is 11.3. The first-order chi connectivity index (χ1) is 15.0. The zero-order valence-electron chi connectivity index (χ0n) is 17.6. The van der Waals surface area contributed by atoms with Gasteiger partial charge in [0.25, 0.3) is 0 Å². The number of carbonyl (C=O) groups is 1. The second-order valence-corrected chi connectivity index (χ2v) is 8.59. The number of nitrogens with one attached hydrogen (secondary N) is 2. The van der Waals surface area contributed by atoms with Crippen LogP contribution in [0.1, 0.15) is 41.6 Å². The van der Waals surface area contributed by atoms with Crippen LogP contribution < -0.4 is 20.3 Å². The van der Waals surface area contributed by atoms with E-state index in [9.17, 15) is 4.79 Å². The maximum absolute atomic E-state index is 11.9. The van der Waals surface area contributed by atoms with Crippen molar-refractivity contribution in [3.05, 3.63) is 70.2 Å². The van der Waals surface area contributed by atoms with Crippen molar-refractivity contribution < 1.29 is 9.53 Å². The molecule has 0 saturated carbocycles. The molecular weight excluding hydrogens is 428 g/mol. The molecule has 8 heteroatoms. The van der Waals surface area contributed by atoms with Gasteiger partial charge in [-0.25, -0.2) is 0 Å². The third-order valence-electron chi connectivity index (χ3n) is 5.33. The maximum atomic E-state index is 11.9. The summed E-state index contributed by atoms with van der Waals surface area (Å²) in [5, 5.41) is 9.08. The first-order valence-electron chi connectivity index (χ1n) is 10.1. The van der Waals surface area contributed by atoms with Gasteiger partial charge in [0.1, 0.15) is 5.75 Å². The number of anilines is 2. The summed E-state index contributed by atoms with van der Waals surface area (Å²) in [5.41, 5.74) is 3.68. The number of carbonyl (C=O) groups excluding carboxylic acids is 1. The highest BCUT2D eigenvalue weighted by Crippen LogP contribution is 2.45. The fourth-order valence-corrected chi connectivity index (χ4v) is 5.16. The van der Waals surface area contributed by atoms with Gasteiger partial charge < -0.3 is 20.3 Å². The zero-order valence-corrected chi connectivity index (χ0v) is 19.2. The summed E-state index contributed by atoms with van der Waals surface area (Å²) >= 11 is 7.49. The maximum Gasteiger partial charge on any atom is 0.224 e. The highest BCUT2D eigenvalue weighted by Gasteiger charge is 2.42. The van der Waals surface area contributed by atoms with Crippen LogP contribution in [0.3, 0.4) is 0 Å². The van der Waals surface area contributed by atoms with E-state index in [1.807, 2.05) is 43.3 Å². The van der Waals surface area contributed by atoms with Gasteiger partial charge >= 0.3 is 0 Å². The number of methoxy groups -OCH3 is 1. The SMILES string of the molecule is CCC(=O)Nc1ccc(N2C(=S)N[C@H](c3ccccn3)[C@H]2c2sccc2C)cc1OC. The predicted octanol–water partition coefficient (Wildman–Crippen LogP) is 4.99. The molecule has 1 saturated heterocycles. The van der Waals surface area contributed by atoms with Gasteiger partial charge in [0.15, 0.2) is 5.11 Å². The Bertz CT molecular complexity index is 1100. The molecule has 1 aromatic carbocycles. The Morgan fingerprint density at radius 2 is 2.16 bits per heavy atom. The number of pyridine rings is 1. The number of rotatable bonds is 6. The highest BCUT2D eigenvalue weighted by atomic mass is 32.1. The summed E-state index contributed by atoms with van der Waals surface area (Å²) in [5.74, 6) is 0.525. The van der Waals surface area contributed by atoms with Crippen LogP contribution in [0, 0.1) is 6.92 Å². The van der Waals surface area contributed by atoms with Crippen LogP contribution in [0.25, 0.3) is 0 Å². The van der Waals surface area contributed by atoms with Crippen molar-refractivity contribution >= 4 is 45.9 Å². The lowest BCUT2D eigenvalue weighted by Gasteiger charge is -2.28. The number of aromatic nitrogens is 1. The summed E-state index contributed by atoms with van der Waals surface area (Å²) in [6.07, 6.45) is 2.20. The standard InChI is InChI=1S/C23H24N4O2S2/c1-4-19(28)25-16-9-8-15(13-18(16)29-3)27-21(22-14(2)10-12-31-22)20(26-23(27)30)17-7-5-6-11-24-17/h5-13,20-21H,4H2,1-3H3,(H,25,28)(H,26,30)/t20-,21+/m1/s1. The second kappa shape index (κ2) is 9.03. The number of nitrogens with zero attached hydrogens (tertiary/aromatic N) is 2. The Kier molecular flexibility index (Phi) is 6.20. The number of hydrogen-bond acceptors (Lipinski definition) is 5. The minimum Gasteiger partial charge on any atom is -0.494 e. The average Bonchev–Trinajstić information content (AvgIpc) is 3.36. The molecule has 4 rings (SSSR count). The number of aryl methyl sites for hydroxylation is 1. The number of amides is 1. The minimum absolute atomic E-state index is 0.0526. The molecule has 3 heterocycles. The van der Waals surface area contributed by atoms with E-state index in [2.05, 4.69) is 38.9 Å². The molecular formula is C23H24N4O2S2. The van der Waals surface area contributed by atoms with Crippen molar-refractivity contribution in [3.63, 3.8) is 0 Å². The van der Waals surface area contributed by atoms with Crippen LogP contribution in [0.5, 0.6) is 5.75 Å². The number of thiophene rings is 1. The smallest absolute Gasteiger partial charge is 0.224 e. The van der Waals surface area contributed by atoms with E-state index in [-0.39, 0.29) is 18.0 Å². The number of hydrogen-bond donors (Lipinski definition) is 2. The van der Waals surface area contributed by atoms with E-state index in [1.54, 1.807) is 24.6 Å². The fraction of sp³-hybridized carbons (Fsp3) is 0.261. The largest absolute Gasteiger partial charge is 0.494 e. The molecule has 1 aliphatic rings. The average molecular weight is 453 g/mol. The molecule has 0 bridgehead atoms. The highest BCUT2D eigenvalue weighted by molar-refractivity contribution is 7.80. The summed E-state index contributed by atoms with van der Waals surface area (Å²) in [6.45, 7) is 3.93. The summed E-state index contributed by atoms with van der Waals surface area (Å²) < 4.78 is 5.57. The second-order valence-electron chi connectivity index (χ2n) is 7.25. The Labute approximate surface area is 191 Å². The summed E-state index contributed by atoms with van der Waals surface area (Å²) in [6, 6.07) is 13.6. The molecule has 0 aliphatic carbocycles. The number of thiocarbonyl (C=S) groups is 1. The normalized spacial score (nSPS) is 18.0. The molecule has 2 N–H and O–H groups in total. The Hall–Kier alpha value is -2.97. The van der Waals surface area contributed by atoms with Crippen molar-refractivity contribution in [3.8, 4) is 5.75 Å². The molecule has 31 heavy (non-hydrogen) atoms. The van der Waals surface area contributed by atoms with E-state index < -0.39 is 0 Å². The monoisotopic (exact) mass is 452 g/mol. The molecule has 0 spiro atoms. The Balaban J connectivity index is 1.78. The van der Waals surface area contributed by atoms with Crippen LogP contribution in [-0.2, 0) is 4.79 Å². The van der Waals surface area contributed by atoms with Gasteiger partial charge in [0.2, 0.25) is 5.91 Å². The number of benzene rings is 1. The van der Waals surface area contributed by atoms with Crippen molar-refractivity contribution in [1.82, 2.24) is 10.3 Å². The van der Waals surface area contributed by atoms with Gasteiger partial charge in [-0.2, -0.15) is 0 Å². The van der Waals surface area contributed by atoms with Gasteiger partial charge in [-0.1, -0.05) is 13.0 Å². The molecule has 3 aromatic rings. The van der Waals surface area contributed by atoms with Crippen LogP contribution in [-0.4, -0.2) is 23.1 Å². The first kappa shape index (κ1) is 21.3. The van der Waals surface area contributed by atoms with Crippen LogP contribution >= 0.6 is 23.6 Å². The van der Waals surface area contributed by atoms with Gasteiger partial charge in [0.05, 0.1) is 30.6 Å². The van der Waals surface area contributed by atoms with Crippen molar-refractivity contribution in [2.75, 3.05) is 17.3 Å². The van der Waals surface area contributed by atoms with E-state index in [0.717, 1.165) is 11.4 Å². The molecule has 1 fully saturated rings. The van der Waals surface area contributed by atoms with E-state index in [4.69, 9.17) is 17.0 Å². The van der Waals surface area contributed by atoms with Gasteiger partial charge in [-0.3, -0.25) is 9.78 Å². The molecule has 0 unspecified atom stereocenters. The molecule has 160 valence electrons. The molecule has 0 radical (unpaired) electrons. The van der Waals surface area contributed by atoms with Crippen molar-refractivity contribution in [2.24, 2.45) is 0 Å². The van der Waals surface area contributed by atoms with E-state index >= 15 is 0 Å². The van der Waals surface area contributed by atoms with Crippen LogP contribution in [0.4, 0.5) is 11.4 Å². The molecule has 1 amide bonds. The summed E-state index contributed by atoms with van der Waals surface area (Å²) in [7, 11) is 1.60. The summed E-state index contributed by atoms with van der Waals surface area (Å²) in [4.78, 5) is 19.8. The van der Waals surface area contributed by atoms with Crippen LogP contribution in [0.15, 0.2) is 54.0 Å². The lowest BCUT2D eigenvalue weighted by Crippen LogP contribution is -2.29. The number of ether oxygens (including phenoxy) is 1. The molecule has 6 nitrogen and oxygen atoms in total. The molecule has 2 atom stereocenters. The lowest BCUT2D eigenvalue weighted by atomic mass is 10.0. The molecule has 2 aromatic heterocycles. The minimum atomic E-state index is -0.0866. The van der Waals surface area contributed by atoms with Gasteiger partial charge in [-0.05, 0) is 60.4 Å². The third kappa shape index (κ3) is 4.13. The Morgan fingerprint density at radius 1 is 1.32 bits per heavy atom. The Morgan fingerprint density at radius 3 is 2.81 bits per heavy atom. The van der Waals surface area contributed by atoms with Gasteiger partial charge in [-0.15, -0.1) is 11.3 Å². The fourth-order valence-electron chi connectivity index (χ4n) is 3.76. The molecule has 1 aliphatic heterocycles. The zero-order chi connectivity index (χ0) is 22.0. The lowest BCUT2D eigenvalue weighted by molar-refractivity contribution is -0.115. The third-order valence-corrected chi connectivity index (χ3v) is 6.73. The van der Waals surface area contributed by atoms with Crippen molar-refractivity contribution in [1.29, 1.82) is 0 Å².